The zero-order chi connectivity index (χ0) is 22.7. The highest BCUT2D eigenvalue weighted by atomic mass is 16.5. The van der Waals surface area contributed by atoms with E-state index in [0.29, 0.717) is 62.6 Å². The monoisotopic (exact) mass is 443 g/mol. The van der Waals surface area contributed by atoms with Gasteiger partial charge in [-0.25, -0.2) is 0 Å². The number of hydrogen-bond donors (Lipinski definition) is 0. The first kappa shape index (κ1) is 22.1. The van der Waals surface area contributed by atoms with Crippen molar-refractivity contribution in [3.63, 3.8) is 0 Å². The molecule has 3 amide bonds. The van der Waals surface area contributed by atoms with Crippen LogP contribution in [0.5, 0.6) is 5.75 Å². The molecule has 9 nitrogen and oxygen atoms in total. The zero-order valence-electron chi connectivity index (χ0n) is 18.4. The van der Waals surface area contributed by atoms with E-state index in [1.807, 2.05) is 0 Å². The lowest BCUT2D eigenvalue weighted by Crippen LogP contribution is -2.46. The third kappa shape index (κ3) is 4.56. The lowest BCUT2D eigenvalue weighted by molar-refractivity contribution is -0.149. The molecule has 3 heterocycles. The minimum absolute atomic E-state index is 0.0578. The molecule has 0 atom stereocenters. The highest BCUT2D eigenvalue weighted by Gasteiger charge is 2.32. The van der Waals surface area contributed by atoms with Gasteiger partial charge in [-0.15, -0.1) is 0 Å². The summed E-state index contributed by atoms with van der Waals surface area (Å²) in [6.45, 7) is 4.30. The summed E-state index contributed by atoms with van der Waals surface area (Å²) in [7, 11) is 0. The molecule has 9 heteroatoms. The molecule has 0 saturated carbocycles. The third-order valence-corrected chi connectivity index (χ3v) is 6.30. The van der Waals surface area contributed by atoms with E-state index in [-0.39, 0.29) is 42.8 Å². The SMILES string of the molecule is CCOC(=O)C1CCN(C(=O)c2ccc3c(c2)N(CC(=O)N2CCCC2)C(=O)CO3)CC1. The van der Waals surface area contributed by atoms with Crippen LogP contribution in [0, 0.1) is 5.92 Å². The molecule has 0 aromatic heterocycles. The molecule has 1 aromatic rings. The van der Waals surface area contributed by atoms with Gasteiger partial charge in [-0.05, 0) is 50.8 Å². The van der Waals surface area contributed by atoms with Gasteiger partial charge in [0.05, 0.1) is 18.2 Å². The van der Waals surface area contributed by atoms with E-state index < -0.39 is 0 Å². The third-order valence-electron chi connectivity index (χ3n) is 6.30. The van der Waals surface area contributed by atoms with Crippen LogP contribution in [-0.2, 0) is 19.1 Å². The molecule has 3 aliphatic heterocycles. The molecule has 2 saturated heterocycles. The number of anilines is 1. The van der Waals surface area contributed by atoms with Crippen LogP contribution in [0.4, 0.5) is 5.69 Å². The molecule has 0 unspecified atom stereocenters. The summed E-state index contributed by atoms with van der Waals surface area (Å²) < 4.78 is 10.6. The van der Waals surface area contributed by atoms with E-state index in [9.17, 15) is 19.2 Å². The standard InChI is InChI=1S/C23H29N3O6/c1-2-31-23(30)16-7-11-25(12-8-16)22(29)17-5-6-19-18(13-17)26(21(28)15-32-19)14-20(27)24-9-3-4-10-24/h5-6,13,16H,2-4,7-12,14-15H2,1H3. The van der Waals surface area contributed by atoms with Gasteiger partial charge in [0.15, 0.2) is 6.61 Å². The molecule has 0 radical (unpaired) electrons. The van der Waals surface area contributed by atoms with Gasteiger partial charge in [0, 0.05) is 31.7 Å². The van der Waals surface area contributed by atoms with Crippen LogP contribution >= 0.6 is 0 Å². The largest absolute Gasteiger partial charge is 0.482 e. The second-order valence-corrected chi connectivity index (χ2v) is 8.36. The van der Waals surface area contributed by atoms with Gasteiger partial charge < -0.3 is 19.3 Å². The van der Waals surface area contributed by atoms with Crippen molar-refractivity contribution in [1.82, 2.24) is 9.80 Å². The van der Waals surface area contributed by atoms with Crippen molar-refractivity contribution in [3.8, 4) is 5.75 Å². The smallest absolute Gasteiger partial charge is 0.309 e. The van der Waals surface area contributed by atoms with Crippen LogP contribution in [0.1, 0.15) is 43.0 Å². The maximum Gasteiger partial charge on any atom is 0.309 e. The summed E-state index contributed by atoms with van der Waals surface area (Å²) in [6, 6.07) is 4.98. The van der Waals surface area contributed by atoms with Crippen molar-refractivity contribution in [3.05, 3.63) is 23.8 Å². The Bertz CT molecular complexity index is 903. The van der Waals surface area contributed by atoms with Crippen LogP contribution < -0.4 is 9.64 Å². The fourth-order valence-corrected chi connectivity index (χ4v) is 4.47. The topological polar surface area (TPSA) is 96.5 Å². The molecule has 0 spiro atoms. The van der Waals surface area contributed by atoms with Crippen LogP contribution in [0.25, 0.3) is 0 Å². The Hall–Kier alpha value is -3.10. The number of fused-ring (bicyclic) bond motifs is 1. The van der Waals surface area contributed by atoms with Crippen molar-refractivity contribution in [2.75, 3.05) is 50.8 Å². The number of carbonyl (C=O) groups is 4. The fourth-order valence-electron chi connectivity index (χ4n) is 4.47. The van der Waals surface area contributed by atoms with Crippen LogP contribution in [0.3, 0.4) is 0 Å². The summed E-state index contributed by atoms with van der Waals surface area (Å²) in [5, 5.41) is 0. The Kier molecular flexibility index (Phi) is 6.62. The number of hydrogen-bond acceptors (Lipinski definition) is 6. The molecule has 1 aromatic carbocycles. The van der Waals surface area contributed by atoms with Gasteiger partial charge in [-0.1, -0.05) is 0 Å². The van der Waals surface area contributed by atoms with Crippen molar-refractivity contribution in [1.29, 1.82) is 0 Å². The molecule has 2 fully saturated rings. The van der Waals surface area contributed by atoms with E-state index in [0.717, 1.165) is 12.8 Å². The van der Waals surface area contributed by atoms with Gasteiger partial charge in [0.2, 0.25) is 5.91 Å². The first-order valence-corrected chi connectivity index (χ1v) is 11.3. The lowest BCUT2D eigenvalue weighted by atomic mass is 9.96. The fraction of sp³-hybridized carbons (Fsp3) is 0.565. The van der Waals surface area contributed by atoms with Crippen molar-refractivity contribution >= 4 is 29.4 Å². The van der Waals surface area contributed by atoms with Crippen molar-refractivity contribution in [2.45, 2.75) is 32.6 Å². The van der Waals surface area contributed by atoms with Gasteiger partial charge in [0.25, 0.3) is 11.8 Å². The molecule has 0 aliphatic carbocycles. The summed E-state index contributed by atoms with van der Waals surface area (Å²) in [5.74, 6) is -0.468. The van der Waals surface area contributed by atoms with Crippen LogP contribution in [0.2, 0.25) is 0 Å². The van der Waals surface area contributed by atoms with Gasteiger partial charge in [-0.2, -0.15) is 0 Å². The minimum atomic E-state index is -0.301. The Morgan fingerprint density at radius 3 is 2.47 bits per heavy atom. The summed E-state index contributed by atoms with van der Waals surface area (Å²) in [5.41, 5.74) is 0.872. The average Bonchev–Trinajstić information content (AvgIpc) is 3.35. The maximum atomic E-state index is 13.1. The highest BCUT2D eigenvalue weighted by Crippen LogP contribution is 2.34. The van der Waals surface area contributed by atoms with Gasteiger partial charge >= 0.3 is 5.97 Å². The average molecular weight is 444 g/mol. The normalized spacial score (nSPS) is 18.9. The summed E-state index contributed by atoms with van der Waals surface area (Å²) in [6.07, 6.45) is 3.08. The predicted molar refractivity (Wildman–Crippen MR) is 115 cm³/mol. The van der Waals surface area contributed by atoms with E-state index in [2.05, 4.69) is 0 Å². The number of esters is 1. The van der Waals surface area contributed by atoms with Crippen LogP contribution in [0.15, 0.2) is 18.2 Å². The Balaban J connectivity index is 1.46. The molecular formula is C23H29N3O6. The first-order chi connectivity index (χ1) is 15.5. The molecule has 3 aliphatic rings. The lowest BCUT2D eigenvalue weighted by Gasteiger charge is -2.32. The van der Waals surface area contributed by atoms with Crippen LogP contribution in [-0.4, -0.2) is 79.4 Å². The number of benzene rings is 1. The second kappa shape index (κ2) is 9.58. The summed E-state index contributed by atoms with van der Waals surface area (Å²) >= 11 is 0. The Labute approximate surface area is 187 Å². The van der Waals surface area contributed by atoms with Crippen molar-refractivity contribution in [2.24, 2.45) is 5.92 Å². The number of nitrogens with zero attached hydrogens (tertiary/aromatic N) is 3. The number of ether oxygens (including phenoxy) is 2. The van der Waals surface area contributed by atoms with E-state index in [4.69, 9.17) is 9.47 Å². The quantitative estimate of drug-likeness (QED) is 0.639. The number of piperidine rings is 1. The van der Waals surface area contributed by atoms with E-state index in [1.54, 1.807) is 34.9 Å². The van der Waals surface area contributed by atoms with E-state index >= 15 is 0 Å². The Morgan fingerprint density at radius 2 is 1.78 bits per heavy atom. The minimum Gasteiger partial charge on any atom is -0.482 e. The molecule has 0 N–H and O–H groups in total. The van der Waals surface area contributed by atoms with Crippen molar-refractivity contribution < 1.29 is 28.7 Å². The molecular weight excluding hydrogens is 414 g/mol. The number of likely N-dealkylation sites (tertiary alicyclic amines) is 2. The highest BCUT2D eigenvalue weighted by molar-refractivity contribution is 6.04. The molecule has 32 heavy (non-hydrogen) atoms. The maximum absolute atomic E-state index is 13.1. The predicted octanol–water partition coefficient (Wildman–Crippen LogP) is 1.45. The van der Waals surface area contributed by atoms with Gasteiger partial charge in [-0.3, -0.25) is 24.1 Å². The molecule has 172 valence electrons. The number of carbonyl (C=O) groups excluding carboxylic acids is 4. The zero-order valence-corrected chi connectivity index (χ0v) is 18.4. The number of rotatable bonds is 5. The summed E-state index contributed by atoms with van der Waals surface area (Å²) in [4.78, 5) is 55.1. The number of amides is 3. The second-order valence-electron chi connectivity index (χ2n) is 8.36. The van der Waals surface area contributed by atoms with E-state index in [1.165, 1.54) is 4.90 Å². The Morgan fingerprint density at radius 1 is 1.06 bits per heavy atom. The van der Waals surface area contributed by atoms with Gasteiger partial charge in [0.1, 0.15) is 12.3 Å². The first-order valence-electron chi connectivity index (χ1n) is 11.3. The molecule has 4 rings (SSSR count). The molecule has 0 bridgehead atoms.